The highest BCUT2D eigenvalue weighted by molar-refractivity contribution is 7.99. The number of para-hydroxylation sites is 3. The number of rotatable bonds is 7. The molecule has 0 fully saturated rings. The molecular formula is C22H20N4O2S2. The second-order valence-electron chi connectivity index (χ2n) is 6.37. The number of carbonyl (C=O) groups excluding carboxylic acids is 1. The van der Waals surface area contributed by atoms with Gasteiger partial charge in [0.2, 0.25) is 5.91 Å². The highest BCUT2D eigenvalue weighted by Crippen LogP contribution is 2.34. The van der Waals surface area contributed by atoms with Crippen molar-refractivity contribution in [2.45, 2.75) is 5.16 Å². The lowest BCUT2D eigenvalue weighted by molar-refractivity contribution is -0.115. The summed E-state index contributed by atoms with van der Waals surface area (Å²) in [4.78, 5) is 15.4. The number of benzene rings is 2. The molecule has 0 radical (unpaired) electrons. The maximum atomic E-state index is 12.7. The van der Waals surface area contributed by atoms with Crippen LogP contribution in [0.1, 0.15) is 0 Å². The average Bonchev–Trinajstić information content (AvgIpc) is 3.47. The highest BCUT2D eigenvalue weighted by atomic mass is 32.2. The second kappa shape index (κ2) is 9.15. The Balaban J connectivity index is 1.65. The zero-order valence-electron chi connectivity index (χ0n) is 16.6. The van der Waals surface area contributed by atoms with Crippen LogP contribution >= 0.6 is 23.1 Å². The van der Waals surface area contributed by atoms with Crippen molar-refractivity contribution in [3.8, 4) is 22.1 Å². The number of amides is 1. The lowest BCUT2D eigenvalue weighted by Gasteiger charge is -2.17. The van der Waals surface area contributed by atoms with E-state index in [1.165, 1.54) is 11.8 Å². The molecule has 1 amide bonds. The third kappa shape index (κ3) is 4.10. The van der Waals surface area contributed by atoms with Crippen molar-refractivity contribution in [2.75, 3.05) is 24.8 Å². The summed E-state index contributed by atoms with van der Waals surface area (Å²) in [6, 6.07) is 21.3. The molecule has 0 saturated carbocycles. The monoisotopic (exact) mass is 436 g/mol. The van der Waals surface area contributed by atoms with Crippen molar-refractivity contribution in [3.05, 3.63) is 72.1 Å². The summed E-state index contributed by atoms with van der Waals surface area (Å²) >= 11 is 2.95. The number of aromatic nitrogens is 3. The SMILES string of the molecule is COc1ccccc1-n1c(SCC(=O)N(C)c2ccccc2)nnc1-c1cccs1. The Morgan fingerprint density at radius 1 is 1.07 bits per heavy atom. The van der Waals surface area contributed by atoms with Crippen LogP contribution in [0.25, 0.3) is 16.4 Å². The van der Waals surface area contributed by atoms with Gasteiger partial charge in [0, 0.05) is 12.7 Å². The molecule has 8 heteroatoms. The van der Waals surface area contributed by atoms with Gasteiger partial charge >= 0.3 is 0 Å². The molecule has 6 nitrogen and oxygen atoms in total. The Hall–Kier alpha value is -3.10. The van der Waals surface area contributed by atoms with E-state index < -0.39 is 0 Å². The van der Waals surface area contributed by atoms with Gasteiger partial charge in [0.15, 0.2) is 11.0 Å². The predicted octanol–water partition coefficient (Wildman–Crippen LogP) is 4.76. The first-order valence-electron chi connectivity index (χ1n) is 9.26. The average molecular weight is 437 g/mol. The summed E-state index contributed by atoms with van der Waals surface area (Å²) in [5.41, 5.74) is 1.69. The third-order valence-electron chi connectivity index (χ3n) is 4.54. The number of anilines is 1. The Labute approximate surface area is 183 Å². The van der Waals surface area contributed by atoms with Crippen molar-refractivity contribution in [1.29, 1.82) is 0 Å². The van der Waals surface area contributed by atoms with Gasteiger partial charge in [-0.1, -0.05) is 48.2 Å². The molecule has 0 spiro atoms. The fourth-order valence-corrected chi connectivity index (χ4v) is 4.54. The molecule has 0 N–H and O–H groups in total. The molecule has 30 heavy (non-hydrogen) atoms. The van der Waals surface area contributed by atoms with Gasteiger partial charge in [0.1, 0.15) is 5.75 Å². The van der Waals surface area contributed by atoms with E-state index in [0.29, 0.717) is 10.9 Å². The van der Waals surface area contributed by atoms with Gasteiger partial charge in [-0.3, -0.25) is 9.36 Å². The van der Waals surface area contributed by atoms with E-state index in [-0.39, 0.29) is 11.7 Å². The van der Waals surface area contributed by atoms with E-state index in [0.717, 1.165) is 22.1 Å². The molecule has 0 aliphatic rings. The van der Waals surface area contributed by atoms with Crippen LogP contribution in [-0.2, 0) is 4.79 Å². The Kier molecular flexibility index (Phi) is 6.15. The highest BCUT2D eigenvalue weighted by Gasteiger charge is 2.21. The second-order valence-corrected chi connectivity index (χ2v) is 8.26. The molecule has 152 valence electrons. The first kappa shape index (κ1) is 20.2. The summed E-state index contributed by atoms with van der Waals surface area (Å²) in [5.74, 6) is 1.66. The number of hydrogen-bond donors (Lipinski definition) is 0. The maximum Gasteiger partial charge on any atom is 0.237 e. The molecule has 0 unspecified atom stereocenters. The smallest absolute Gasteiger partial charge is 0.237 e. The number of carbonyl (C=O) groups is 1. The van der Waals surface area contributed by atoms with Crippen molar-refractivity contribution < 1.29 is 9.53 Å². The van der Waals surface area contributed by atoms with Gasteiger partial charge in [0.25, 0.3) is 0 Å². The minimum absolute atomic E-state index is 0.0153. The molecule has 0 saturated heterocycles. The van der Waals surface area contributed by atoms with E-state index in [2.05, 4.69) is 10.2 Å². The maximum absolute atomic E-state index is 12.7. The van der Waals surface area contributed by atoms with E-state index >= 15 is 0 Å². The zero-order chi connectivity index (χ0) is 20.9. The van der Waals surface area contributed by atoms with Gasteiger partial charge in [-0.15, -0.1) is 21.5 Å². The quantitative estimate of drug-likeness (QED) is 0.391. The fraction of sp³-hybridized carbons (Fsp3) is 0.136. The third-order valence-corrected chi connectivity index (χ3v) is 6.32. The molecule has 2 aromatic carbocycles. The topological polar surface area (TPSA) is 60.2 Å². The first-order valence-corrected chi connectivity index (χ1v) is 11.1. The first-order chi connectivity index (χ1) is 14.7. The van der Waals surface area contributed by atoms with Crippen molar-refractivity contribution in [3.63, 3.8) is 0 Å². The van der Waals surface area contributed by atoms with E-state index in [4.69, 9.17) is 4.74 Å². The minimum Gasteiger partial charge on any atom is -0.495 e. The van der Waals surface area contributed by atoms with Gasteiger partial charge in [-0.25, -0.2) is 0 Å². The van der Waals surface area contributed by atoms with Crippen molar-refractivity contribution >= 4 is 34.7 Å². The van der Waals surface area contributed by atoms with Gasteiger partial charge in [-0.2, -0.15) is 0 Å². The lowest BCUT2D eigenvalue weighted by atomic mass is 10.3. The van der Waals surface area contributed by atoms with E-state index in [1.807, 2.05) is 76.7 Å². The molecule has 2 heterocycles. The summed E-state index contributed by atoms with van der Waals surface area (Å²) in [6.07, 6.45) is 0. The number of methoxy groups -OCH3 is 1. The number of thiophene rings is 1. The minimum atomic E-state index is -0.0153. The van der Waals surface area contributed by atoms with Crippen LogP contribution in [-0.4, -0.2) is 40.6 Å². The zero-order valence-corrected chi connectivity index (χ0v) is 18.2. The number of hydrogen-bond acceptors (Lipinski definition) is 6. The van der Waals surface area contributed by atoms with Gasteiger partial charge in [0.05, 0.1) is 23.4 Å². The molecule has 4 aromatic rings. The molecular weight excluding hydrogens is 416 g/mol. The van der Waals surface area contributed by atoms with Gasteiger partial charge < -0.3 is 9.64 Å². The Bertz CT molecular complexity index is 1130. The molecule has 0 bridgehead atoms. The molecule has 0 atom stereocenters. The lowest BCUT2D eigenvalue weighted by Crippen LogP contribution is -2.27. The van der Waals surface area contributed by atoms with Gasteiger partial charge in [-0.05, 0) is 35.7 Å². The fourth-order valence-electron chi connectivity index (χ4n) is 2.98. The summed E-state index contributed by atoms with van der Waals surface area (Å²) in [6.45, 7) is 0. The van der Waals surface area contributed by atoms with Crippen LogP contribution in [0.5, 0.6) is 5.75 Å². The van der Waals surface area contributed by atoms with Crippen LogP contribution in [0.2, 0.25) is 0 Å². The molecule has 0 aliphatic carbocycles. The molecule has 2 aromatic heterocycles. The van der Waals surface area contributed by atoms with E-state index in [9.17, 15) is 4.79 Å². The molecule has 4 rings (SSSR count). The summed E-state index contributed by atoms with van der Waals surface area (Å²) in [7, 11) is 3.42. The van der Waals surface area contributed by atoms with Crippen molar-refractivity contribution in [2.24, 2.45) is 0 Å². The predicted molar refractivity (Wildman–Crippen MR) is 122 cm³/mol. The summed E-state index contributed by atoms with van der Waals surface area (Å²) in [5, 5.41) is 11.4. The van der Waals surface area contributed by atoms with Crippen LogP contribution in [0.4, 0.5) is 5.69 Å². The van der Waals surface area contributed by atoms with Crippen LogP contribution in [0.15, 0.2) is 77.3 Å². The standard InChI is InChI=1S/C22H20N4O2S2/c1-25(16-9-4-3-5-10-16)20(27)15-30-22-24-23-21(19-13-8-14-29-19)26(22)17-11-6-7-12-18(17)28-2/h3-14H,15H2,1-2H3. The number of nitrogens with zero attached hydrogens (tertiary/aromatic N) is 4. The van der Waals surface area contributed by atoms with Crippen LogP contribution in [0.3, 0.4) is 0 Å². The Morgan fingerprint density at radius 2 is 1.83 bits per heavy atom. The van der Waals surface area contributed by atoms with Crippen LogP contribution in [0, 0.1) is 0 Å². The molecule has 0 aliphatic heterocycles. The Morgan fingerprint density at radius 3 is 2.57 bits per heavy atom. The van der Waals surface area contributed by atoms with E-state index in [1.54, 1.807) is 30.4 Å². The number of thioether (sulfide) groups is 1. The summed E-state index contributed by atoms with van der Waals surface area (Å²) < 4.78 is 7.51. The van der Waals surface area contributed by atoms with Crippen molar-refractivity contribution in [1.82, 2.24) is 14.8 Å². The number of ether oxygens (including phenoxy) is 1. The largest absolute Gasteiger partial charge is 0.495 e. The van der Waals surface area contributed by atoms with Crippen LogP contribution < -0.4 is 9.64 Å². The normalized spacial score (nSPS) is 10.7.